The van der Waals surface area contributed by atoms with Gasteiger partial charge in [0.15, 0.2) is 0 Å². The minimum Gasteiger partial charge on any atom is -0.338 e. The molecule has 9 heteroatoms. The average Bonchev–Trinajstić information content (AvgIpc) is 3.48. The van der Waals surface area contributed by atoms with E-state index in [1.54, 1.807) is 53.6 Å². The Morgan fingerprint density at radius 3 is 2.47 bits per heavy atom. The molecule has 4 rings (SSSR count). The molecule has 1 N–H and O–H groups in total. The van der Waals surface area contributed by atoms with Gasteiger partial charge in [-0.05, 0) is 47.4 Å². The summed E-state index contributed by atoms with van der Waals surface area (Å²) in [5, 5.41) is 6.79. The molecule has 0 aliphatic heterocycles. The van der Waals surface area contributed by atoms with Crippen LogP contribution in [0.15, 0.2) is 84.4 Å². The van der Waals surface area contributed by atoms with Crippen LogP contribution in [0.5, 0.6) is 0 Å². The molecule has 4 aromatic rings. The predicted octanol–water partition coefficient (Wildman–Crippen LogP) is 4.64. The maximum absolute atomic E-state index is 12.8. The minimum atomic E-state index is -3.33. The van der Waals surface area contributed by atoms with Gasteiger partial charge in [0.1, 0.15) is 5.69 Å². The monoisotopic (exact) mass is 492 g/mol. The predicted molar refractivity (Wildman–Crippen MR) is 137 cm³/mol. The molecule has 0 saturated heterocycles. The second-order valence-corrected chi connectivity index (χ2v) is 10.5. The molecule has 0 radical (unpaired) electrons. The number of anilines is 1. The molecule has 0 saturated carbocycles. The second kappa shape index (κ2) is 10.1. The van der Waals surface area contributed by atoms with Crippen LogP contribution in [0.1, 0.15) is 11.1 Å². The van der Waals surface area contributed by atoms with Crippen molar-refractivity contribution in [2.75, 3.05) is 18.0 Å². The maximum Gasteiger partial charge on any atom is 0.246 e. The van der Waals surface area contributed by atoms with Crippen molar-refractivity contribution in [1.29, 1.82) is 0 Å². The normalized spacial score (nSPS) is 11.6. The molecular formula is C25H24N4O3S2. The Kier molecular flexibility index (Phi) is 6.95. The number of aromatic nitrogens is 2. The summed E-state index contributed by atoms with van der Waals surface area (Å²) in [7, 11) is -1.57. The van der Waals surface area contributed by atoms with Crippen molar-refractivity contribution in [3.63, 3.8) is 0 Å². The SMILES string of the molecule is CN(Cc1cn(-c2ccccc2)nc1-c1cccs1)C(=O)/C=C/c1ccc(NS(C)(=O)=O)cc1. The van der Waals surface area contributed by atoms with Gasteiger partial charge in [0, 0.05) is 37.1 Å². The van der Waals surface area contributed by atoms with E-state index in [1.807, 2.05) is 58.7 Å². The molecule has 0 spiro atoms. The van der Waals surface area contributed by atoms with Crippen LogP contribution in [0.25, 0.3) is 22.3 Å². The highest BCUT2D eigenvalue weighted by molar-refractivity contribution is 7.92. The highest BCUT2D eigenvalue weighted by Crippen LogP contribution is 2.28. The van der Waals surface area contributed by atoms with E-state index in [0.29, 0.717) is 12.2 Å². The molecule has 0 aliphatic carbocycles. The van der Waals surface area contributed by atoms with Gasteiger partial charge in [-0.3, -0.25) is 9.52 Å². The van der Waals surface area contributed by atoms with Crippen LogP contribution in [-0.4, -0.2) is 42.3 Å². The summed E-state index contributed by atoms with van der Waals surface area (Å²) in [5.74, 6) is -0.150. The van der Waals surface area contributed by atoms with Gasteiger partial charge in [-0.2, -0.15) is 5.10 Å². The van der Waals surface area contributed by atoms with E-state index in [4.69, 9.17) is 5.10 Å². The van der Waals surface area contributed by atoms with Crippen LogP contribution in [0, 0.1) is 0 Å². The molecule has 7 nitrogen and oxygen atoms in total. The Labute approximate surface area is 203 Å². The summed E-state index contributed by atoms with van der Waals surface area (Å²) >= 11 is 1.61. The van der Waals surface area contributed by atoms with Gasteiger partial charge in [0.05, 0.1) is 16.8 Å². The van der Waals surface area contributed by atoms with E-state index < -0.39 is 10.0 Å². The summed E-state index contributed by atoms with van der Waals surface area (Å²) in [6, 6.07) is 20.7. The third-order valence-electron chi connectivity index (χ3n) is 4.98. The number of amides is 1. The van der Waals surface area contributed by atoms with Crippen molar-refractivity contribution in [3.05, 3.63) is 95.5 Å². The lowest BCUT2D eigenvalue weighted by Crippen LogP contribution is -2.24. The zero-order valence-corrected chi connectivity index (χ0v) is 20.4. The van der Waals surface area contributed by atoms with Crippen molar-refractivity contribution in [2.45, 2.75) is 6.54 Å². The molecule has 34 heavy (non-hydrogen) atoms. The number of carbonyl (C=O) groups excluding carboxylic acids is 1. The number of sulfonamides is 1. The van der Waals surface area contributed by atoms with Gasteiger partial charge < -0.3 is 4.90 Å². The maximum atomic E-state index is 12.8. The van der Waals surface area contributed by atoms with Crippen LogP contribution in [0.2, 0.25) is 0 Å². The lowest BCUT2D eigenvalue weighted by atomic mass is 10.2. The lowest BCUT2D eigenvalue weighted by molar-refractivity contribution is -0.125. The fraction of sp³-hybridized carbons (Fsp3) is 0.120. The zero-order chi connectivity index (χ0) is 24.1. The molecule has 1 amide bonds. The molecule has 2 aromatic heterocycles. The third kappa shape index (κ3) is 6.00. The van der Waals surface area contributed by atoms with E-state index >= 15 is 0 Å². The number of hydrogen-bond donors (Lipinski definition) is 1. The topological polar surface area (TPSA) is 84.3 Å². The van der Waals surface area contributed by atoms with Gasteiger partial charge in [-0.15, -0.1) is 11.3 Å². The minimum absolute atomic E-state index is 0.150. The summed E-state index contributed by atoms with van der Waals surface area (Å²) in [6.45, 7) is 0.403. The number of carbonyl (C=O) groups is 1. The Hall–Kier alpha value is -3.69. The fourth-order valence-corrected chi connectivity index (χ4v) is 4.67. The van der Waals surface area contributed by atoms with E-state index in [2.05, 4.69) is 4.72 Å². The summed E-state index contributed by atoms with van der Waals surface area (Å²) in [6.07, 6.45) is 6.27. The first-order valence-electron chi connectivity index (χ1n) is 10.5. The molecule has 2 heterocycles. The number of rotatable bonds is 8. The summed E-state index contributed by atoms with van der Waals surface area (Å²) < 4.78 is 26.9. The smallest absolute Gasteiger partial charge is 0.246 e. The quantitative estimate of drug-likeness (QED) is 0.363. The first-order chi connectivity index (χ1) is 16.3. The lowest BCUT2D eigenvalue weighted by Gasteiger charge is -2.14. The van der Waals surface area contributed by atoms with Crippen LogP contribution in [-0.2, 0) is 21.4 Å². The van der Waals surface area contributed by atoms with E-state index in [1.165, 1.54) is 6.08 Å². The van der Waals surface area contributed by atoms with Gasteiger partial charge in [0.2, 0.25) is 15.9 Å². The van der Waals surface area contributed by atoms with Gasteiger partial charge in [-0.25, -0.2) is 13.1 Å². The molecule has 0 bridgehead atoms. The molecule has 0 unspecified atom stereocenters. The summed E-state index contributed by atoms with van der Waals surface area (Å²) in [4.78, 5) is 15.5. The Bertz CT molecular complexity index is 1390. The van der Waals surface area contributed by atoms with Crippen LogP contribution in [0.3, 0.4) is 0 Å². The Balaban J connectivity index is 1.49. The van der Waals surface area contributed by atoms with Crippen molar-refractivity contribution in [2.24, 2.45) is 0 Å². The number of likely N-dealkylation sites (N-methyl/N-ethyl adjacent to an activating group) is 1. The Morgan fingerprint density at radius 2 is 1.82 bits per heavy atom. The van der Waals surface area contributed by atoms with Crippen LogP contribution >= 0.6 is 11.3 Å². The van der Waals surface area contributed by atoms with Crippen molar-refractivity contribution >= 4 is 39.0 Å². The number of nitrogens with one attached hydrogen (secondary N) is 1. The summed E-state index contributed by atoms with van der Waals surface area (Å²) in [5.41, 5.74) is 4.02. The fourth-order valence-electron chi connectivity index (χ4n) is 3.36. The molecule has 0 fully saturated rings. The molecule has 0 atom stereocenters. The van der Waals surface area contributed by atoms with Crippen LogP contribution < -0.4 is 4.72 Å². The third-order valence-corrected chi connectivity index (χ3v) is 6.46. The van der Waals surface area contributed by atoms with Crippen molar-refractivity contribution in [1.82, 2.24) is 14.7 Å². The van der Waals surface area contributed by atoms with Gasteiger partial charge in [0.25, 0.3) is 0 Å². The number of para-hydroxylation sites is 1. The first-order valence-corrected chi connectivity index (χ1v) is 13.2. The van der Waals surface area contributed by atoms with E-state index in [9.17, 15) is 13.2 Å². The largest absolute Gasteiger partial charge is 0.338 e. The first kappa shape index (κ1) is 23.5. The van der Waals surface area contributed by atoms with E-state index in [0.717, 1.165) is 33.6 Å². The second-order valence-electron chi connectivity index (χ2n) is 7.78. The number of hydrogen-bond acceptors (Lipinski definition) is 5. The molecule has 174 valence electrons. The number of nitrogens with zero attached hydrogens (tertiary/aromatic N) is 3. The molecule has 0 aliphatic rings. The molecule has 2 aromatic carbocycles. The van der Waals surface area contributed by atoms with Gasteiger partial charge in [-0.1, -0.05) is 36.4 Å². The zero-order valence-electron chi connectivity index (χ0n) is 18.8. The highest BCUT2D eigenvalue weighted by atomic mass is 32.2. The number of benzene rings is 2. The standard InChI is InChI=1S/C25H24N4O3S2/c1-28(24(30)15-12-19-10-13-21(14-11-19)27-34(2,31)32)17-20-18-29(22-7-4-3-5-8-22)26-25(20)23-9-6-16-33-23/h3-16,18,27H,17H2,1-2H3/b15-12+. The Morgan fingerprint density at radius 1 is 1.09 bits per heavy atom. The number of thiophene rings is 1. The van der Waals surface area contributed by atoms with Crippen molar-refractivity contribution in [3.8, 4) is 16.3 Å². The van der Waals surface area contributed by atoms with Gasteiger partial charge >= 0.3 is 0 Å². The average molecular weight is 493 g/mol. The molecular weight excluding hydrogens is 468 g/mol. The van der Waals surface area contributed by atoms with E-state index in [-0.39, 0.29) is 5.91 Å². The van der Waals surface area contributed by atoms with Crippen molar-refractivity contribution < 1.29 is 13.2 Å². The van der Waals surface area contributed by atoms with Crippen LogP contribution in [0.4, 0.5) is 5.69 Å². The highest BCUT2D eigenvalue weighted by Gasteiger charge is 2.16.